The Kier molecular flexibility index (Phi) is 3.11. The second kappa shape index (κ2) is 5.11. The van der Waals surface area contributed by atoms with Gasteiger partial charge in [-0.2, -0.15) is 0 Å². The molecule has 0 bridgehead atoms. The van der Waals surface area contributed by atoms with E-state index in [0.717, 1.165) is 55.1 Å². The van der Waals surface area contributed by atoms with Gasteiger partial charge in [-0.05, 0) is 30.4 Å². The lowest BCUT2D eigenvalue weighted by molar-refractivity contribution is 0.533. The average molecular weight is 280 g/mol. The Bertz CT molecular complexity index is 628. The maximum Gasteiger partial charge on any atom is 0.151 e. The molecule has 2 aliphatic heterocycles. The third kappa shape index (κ3) is 2.29. The minimum absolute atomic E-state index is 0.779. The molecule has 0 saturated carbocycles. The molecule has 2 atom stereocenters. The molecule has 2 saturated heterocycles. The third-order valence-corrected chi connectivity index (χ3v) is 4.73. The van der Waals surface area contributed by atoms with E-state index in [0.29, 0.717) is 0 Å². The molecule has 2 fully saturated rings. The quantitative estimate of drug-likeness (QED) is 0.915. The van der Waals surface area contributed by atoms with Crippen molar-refractivity contribution in [1.82, 2.24) is 15.5 Å². The molecule has 4 nitrogen and oxygen atoms in total. The van der Waals surface area contributed by atoms with Crippen LogP contribution in [-0.2, 0) is 0 Å². The fourth-order valence-corrected chi connectivity index (χ4v) is 3.55. The molecular formula is C17H20N4. The van der Waals surface area contributed by atoms with Gasteiger partial charge in [-0.3, -0.25) is 0 Å². The van der Waals surface area contributed by atoms with Crippen molar-refractivity contribution in [3.8, 4) is 11.3 Å². The first-order valence-electron chi connectivity index (χ1n) is 7.66. The molecule has 4 heteroatoms. The van der Waals surface area contributed by atoms with Crippen LogP contribution in [-0.4, -0.2) is 36.4 Å². The Hall–Kier alpha value is -1.94. The molecule has 2 aliphatic rings. The van der Waals surface area contributed by atoms with Crippen molar-refractivity contribution in [1.29, 1.82) is 0 Å². The molecule has 4 rings (SSSR count). The molecule has 108 valence electrons. The molecule has 2 unspecified atom stereocenters. The van der Waals surface area contributed by atoms with Crippen LogP contribution >= 0.6 is 0 Å². The minimum Gasteiger partial charge on any atom is -0.354 e. The number of nitrogens with zero attached hydrogens (tertiary/aromatic N) is 3. The monoisotopic (exact) mass is 280 g/mol. The number of fused-ring (bicyclic) bond motifs is 1. The summed E-state index contributed by atoms with van der Waals surface area (Å²) in [5, 5.41) is 12.4. The van der Waals surface area contributed by atoms with Crippen molar-refractivity contribution in [2.75, 3.05) is 31.1 Å². The van der Waals surface area contributed by atoms with Gasteiger partial charge in [-0.1, -0.05) is 30.3 Å². The summed E-state index contributed by atoms with van der Waals surface area (Å²) in [4.78, 5) is 2.39. The Balaban J connectivity index is 1.60. The van der Waals surface area contributed by atoms with Gasteiger partial charge in [0.2, 0.25) is 0 Å². The van der Waals surface area contributed by atoms with Crippen molar-refractivity contribution in [2.45, 2.75) is 6.92 Å². The molecular weight excluding hydrogens is 260 g/mol. The van der Waals surface area contributed by atoms with Crippen molar-refractivity contribution in [3.63, 3.8) is 0 Å². The Morgan fingerprint density at radius 2 is 1.76 bits per heavy atom. The molecule has 0 radical (unpaired) electrons. The number of hydrogen-bond donors (Lipinski definition) is 1. The average Bonchev–Trinajstić information content (AvgIpc) is 3.09. The van der Waals surface area contributed by atoms with Crippen LogP contribution < -0.4 is 10.2 Å². The molecule has 1 N–H and O–H groups in total. The van der Waals surface area contributed by atoms with E-state index in [2.05, 4.69) is 45.5 Å². The summed E-state index contributed by atoms with van der Waals surface area (Å²) in [6, 6.07) is 12.5. The van der Waals surface area contributed by atoms with Crippen LogP contribution in [0.1, 0.15) is 5.56 Å². The lowest BCUT2D eigenvalue weighted by atomic mass is 10.0. The number of benzene rings is 1. The van der Waals surface area contributed by atoms with Crippen molar-refractivity contribution >= 4 is 5.82 Å². The molecule has 1 aromatic carbocycles. The number of aryl methyl sites for hydroxylation is 1. The summed E-state index contributed by atoms with van der Waals surface area (Å²) in [6.07, 6.45) is 0. The summed E-state index contributed by atoms with van der Waals surface area (Å²) in [6.45, 7) is 6.64. The maximum atomic E-state index is 4.48. The summed E-state index contributed by atoms with van der Waals surface area (Å²) in [7, 11) is 0. The summed E-state index contributed by atoms with van der Waals surface area (Å²) in [5.41, 5.74) is 3.32. The molecule has 3 heterocycles. The van der Waals surface area contributed by atoms with Gasteiger partial charge in [0.25, 0.3) is 0 Å². The van der Waals surface area contributed by atoms with Crippen LogP contribution in [0.4, 0.5) is 5.82 Å². The van der Waals surface area contributed by atoms with Crippen LogP contribution in [0.2, 0.25) is 0 Å². The number of anilines is 1. The van der Waals surface area contributed by atoms with Gasteiger partial charge >= 0.3 is 0 Å². The van der Waals surface area contributed by atoms with E-state index >= 15 is 0 Å². The lowest BCUT2D eigenvalue weighted by Gasteiger charge is -2.19. The van der Waals surface area contributed by atoms with Crippen molar-refractivity contribution in [2.24, 2.45) is 11.8 Å². The van der Waals surface area contributed by atoms with E-state index in [1.165, 1.54) is 5.56 Å². The van der Waals surface area contributed by atoms with Crippen LogP contribution in [0.5, 0.6) is 0 Å². The standard InChI is InChI=1S/C17H20N4/c1-12-7-16(21-10-14-8-18-9-15(14)11-21)19-20-17(12)13-5-3-2-4-6-13/h2-7,14-15,18H,8-11H2,1H3. The van der Waals surface area contributed by atoms with E-state index in [1.807, 2.05) is 18.2 Å². The third-order valence-electron chi connectivity index (χ3n) is 4.73. The molecule has 2 aromatic rings. The van der Waals surface area contributed by atoms with Crippen LogP contribution in [0.3, 0.4) is 0 Å². The van der Waals surface area contributed by atoms with Gasteiger partial charge in [0.15, 0.2) is 5.82 Å². The zero-order valence-electron chi connectivity index (χ0n) is 12.3. The molecule has 0 amide bonds. The largest absolute Gasteiger partial charge is 0.354 e. The first kappa shape index (κ1) is 12.8. The molecule has 0 aliphatic carbocycles. The number of aromatic nitrogens is 2. The van der Waals surface area contributed by atoms with Crippen LogP contribution in [0.15, 0.2) is 36.4 Å². The normalized spacial score (nSPS) is 24.3. The Morgan fingerprint density at radius 3 is 2.43 bits per heavy atom. The Morgan fingerprint density at radius 1 is 1.05 bits per heavy atom. The summed E-state index contributed by atoms with van der Waals surface area (Å²) in [5.74, 6) is 2.59. The minimum atomic E-state index is 0.779. The zero-order valence-corrected chi connectivity index (χ0v) is 12.3. The van der Waals surface area contributed by atoms with Gasteiger partial charge < -0.3 is 10.2 Å². The van der Waals surface area contributed by atoms with E-state index in [9.17, 15) is 0 Å². The molecule has 21 heavy (non-hydrogen) atoms. The van der Waals surface area contributed by atoms with Gasteiger partial charge in [-0.15, -0.1) is 10.2 Å². The maximum absolute atomic E-state index is 4.48. The fraction of sp³-hybridized carbons (Fsp3) is 0.412. The van der Waals surface area contributed by atoms with Crippen molar-refractivity contribution < 1.29 is 0 Å². The smallest absolute Gasteiger partial charge is 0.151 e. The predicted octanol–water partition coefficient (Wildman–Crippen LogP) is 2.11. The van der Waals surface area contributed by atoms with Gasteiger partial charge in [0.1, 0.15) is 0 Å². The van der Waals surface area contributed by atoms with E-state index in [-0.39, 0.29) is 0 Å². The van der Waals surface area contributed by atoms with Gasteiger partial charge in [0, 0.05) is 31.7 Å². The second-order valence-corrected chi connectivity index (χ2v) is 6.18. The molecule has 1 aromatic heterocycles. The van der Waals surface area contributed by atoms with Crippen LogP contribution in [0.25, 0.3) is 11.3 Å². The number of hydrogen-bond acceptors (Lipinski definition) is 4. The highest BCUT2D eigenvalue weighted by Crippen LogP contribution is 2.30. The highest BCUT2D eigenvalue weighted by atomic mass is 15.3. The SMILES string of the molecule is Cc1cc(N2CC3CNCC3C2)nnc1-c1ccccc1. The topological polar surface area (TPSA) is 41.0 Å². The predicted molar refractivity (Wildman–Crippen MR) is 84.3 cm³/mol. The van der Waals surface area contributed by atoms with Crippen molar-refractivity contribution in [3.05, 3.63) is 42.0 Å². The van der Waals surface area contributed by atoms with Gasteiger partial charge in [-0.25, -0.2) is 0 Å². The Labute approximate surface area is 125 Å². The van der Waals surface area contributed by atoms with E-state index < -0.39 is 0 Å². The molecule has 0 spiro atoms. The first-order valence-corrected chi connectivity index (χ1v) is 7.66. The van der Waals surface area contributed by atoms with E-state index in [4.69, 9.17) is 0 Å². The summed E-state index contributed by atoms with van der Waals surface area (Å²) >= 11 is 0. The number of nitrogens with one attached hydrogen (secondary N) is 1. The van der Waals surface area contributed by atoms with Crippen LogP contribution in [0, 0.1) is 18.8 Å². The highest BCUT2D eigenvalue weighted by molar-refractivity contribution is 5.63. The van der Waals surface area contributed by atoms with Gasteiger partial charge in [0.05, 0.1) is 5.69 Å². The second-order valence-electron chi connectivity index (χ2n) is 6.18. The summed E-state index contributed by atoms with van der Waals surface area (Å²) < 4.78 is 0. The first-order chi connectivity index (χ1) is 10.3. The fourth-order valence-electron chi connectivity index (χ4n) is 3.55. The van der Waals surface area contributed by atoms with E-state index in [1.54, 1.807) is 0 Å². The zero-order chi connectivity index (χ0) is 14.2. The highest BCUT2D eigenvalue weighted by Gasteiger charge is 2.36. The number of rotatable bonds is 2. The lowest BCUT2D eigenvalue weighted by Crippen LogP contribution is -2.26.